The van der Waals surface area contributed by atoms with Crippen LogP contribution in [0.25, 0.3) is 0 Å². The van der Waals surface area contributed by atoms with E-state index >= 15 is 0 Å². The van der Waals surface area contributed by atoms with Crippen LogP contribution in [0.4, 0.5) is 5.69 Å². The van der Waals surface area contributed by atoms with Gasteiger partial charge in [0.2, 0.25) is 5.91 Å². The number of nitrogens with one attached hydrogen (secondary N) is 2. The number of benzene rings is 2. The fourth-order valence-corrected chi connectivity index (χ4v) is 2.78. The molecule has 1 amide bonds. The summed E-state index contributed by atoms with van der Waals surface area (Å²) in [5.74, 6) is 0.686. The van der Waals surface area contributed by atoms with Gasteiger partial charge >= 0.3 is 0 Å². The maximum absolute atomic E-state index is 12.5. The number of hydrogen-bond donors (Lipinski definition) is 2. The lowest BCUT2D eigenvalue weighted by Gasteiger charge is -2.25. The Kier molecular flexibility index (Phi) is 7.25. The van der Waals surface area contributed by atoms with Gasteiger partial charge in [-0.2, -0.15) is 0 Å². The monoisotopic (exact) mass is 362 g/mol. The molecule has 1 heterocycles. The van der Waals surface area contributed by atoms with Crippen LogP contribution in [0.1, 0.15) is 11.1 Å². The van der Waals surface area contributed by atoms with Crippen LogP contribution < -0.4 is 15.4 Å². The van der Waals surface area contributed by atoms with Crippen LogP contribution in [-0.2, 0) is 22.5 Å². The number of amides is 1. The second kappa shape index (κ2) is 9.42. The molecular formula is C19H23ClN2O3. The molecule has 0 bridgehead atoms. The minimum absolute atomic E-state index is 0. The number of fused-ring (bicyclic) bond motifs is 1. The average Bonchev–Trinajstić information content (AvgIpc) is 2.62. The van der Waals surface area contributed by atoms with Gasteiger partial charge < -0.3 is 20.1 Å². The van der Waals surface area contributed by atoms with Crippen molar-refractivity contribution in [2.45, 2.75) is 19.0 Å². The maximum atomic E-state index is 12.5. The number of rotatable bonds is 6. The summed E-state index contributed by atoms with van der Waals surface area (Å²) in [7, 11) is 1.63. The third-order valence-electron chi connectivity index (χ3n) is 4.06. The first kappa shape index (κ1) is 19.2. The normalized spacial score (nSPS) is 15.6. The molecule has 134 valence electrons. The minimum Gasteiger partial charge on any atom is -0.491 e. The first-order chi connectivity index (χ1) is 11.8. The van der Waals surface area contributed by atoms with E-state index in [1.165, 1.54) is 11.1 Å². The Morgan fingerprint density at radius 1 is 1.16 bits per heavy atom. The van der Waals surface area contributed by atoms with Gasteiger partial charge in [0.15, 0.2) is 0 Å². The molecule has 1 unspecified atom stereocenters. The molecule has 1 atom stereocenters. The smallest absolute Gasteiger partial charge is 0.241 e. The van der Waals surface area contributed by atoms with Crippen LogP contribution in [0.15, 0.2) is 48.5 Å². The largest absolute Gasteiger partial charge is 0.491 e. The fraction of sp³-hybridized carbons (Fsp3) is 0.316. The van der Waals surface area contributed by atoms with Gasteiger partial charge in [-0.25, -0.2) is 0 Å². The highest BCUT2D eigenvalue weighted by Crippen LogP contribution is 2.20. The van der Waals surface area contributed by atoms with Gasteiger partial charge in [-0.15, -0.1) is 12.4 Å². The van der Waals surface area contributed by atoms with Crippen molar-refractivity contribution in [1.29, 1.82) is 0 Å². The number of ether oxygens (including phenoxy) is 2. The third-order valence-corrected chi connectivity index (χ3v) is 4.06. The van der Waals surface area contributed by atoms with Gasteiger partial charge in [-0.3, -0.25) is 4.79 Å². The number of carbonyl (C=O) groups is 1. The molecule has 25 heavy (non-hydrogen) atoms. The predicted molar refractivity (Wildman–Crippen MR) is 100 cm³/mol. The average molecular weight is 363 g/mol. The Balaban J connectivity index is 0.00000225. The third kappa shape index (κ3) is 5.19. The molecule has 5 nitrogen and oxygen atoms in total. The van der Waals surface area contributed by atoms with Gasteiger partial charge in [0.25, 0.3) is 0 Å². The molecule has 0 saturated heterocycles. The molecule has 0 radical (unpaired) electrons. The summed E-state index contributed by atoms with van der Waals surface area (Å²) in [4.78, 5) is 12.5. The molecule has 0 saturated carbocycles. The van der Waals surface area contributed by atoms with Gasteiger partial charge in [-0.05, 0) is 29.7 Å². The number of methoxy groups -OCH3 is 1. The van der Waals surface area contributed by atoms with Crippen molar-refractivity contribution in [3.8, 4) is 5.75 Å². The van der Waals surface area contributed by atoms with E-state index in [-0.39, 0.29) is 24.4 Å². The van der Waals surface area contributed by atoms with Crippen LogP contribution in [-0.4, -0.2) is 32.3 Å². The number of halogens is 1. The van der Waals surface area contributed by atoms with E-state index in [0.29, 0.717) is 31.9 Å². The van der Waals surface area contributed by atoms with Crippen molar-refractivity contribution < 1.29 is 14.3 Å². The lowest BCUT2D eigenvalue weighted by Crippen LogP contribution is -2.44. The highest BCUT2D eigenvalue weighted by molar-refractivity contribution is 5.95. The van der Waals surface area contributed by atoms with E-state index in [1.807, 2.05) is 36.4 Å². The molecule has 0 fully saturated rings. The van der Waals surface area contributed by atoms with E-state index in [0.717, 1.165) is 5.69 Å². The van der Waals surface area contributed by atoms with Crippen LogP contribution >= 0.6 is 12.4 Å². The summed E-state index contributed by atoms with van der Waals surface area (Å²) < 4.78 is 10.5. The summed E-state index contributed by atoms with van der Waals surface area (Å²) in [5.41, 5.74) is 3.22. The van der Waals surface area contributed by atoms with Crippen molar-refractivity contribution in [2.75, 3.05) is 25.6 Å². The highest BCUT2D eigenvalue weighted by Gasteiger charge is 2.23. The van der Waals surface area contributed by atoms with Crippen molar-refractivity contribution >= 4 is 24.0 Å². The molecule has 0 aromatic heterocycles. The summed E-state index contributed by atoms with van der Waals surface area (Å²) in [5, 5.41) is 6.25. The molecule has 3 rings (SSSR count). The van der Waals surface area contributed by atoms with Crippen molar-refractivity contribution in [3.63, 3.8) is 0 Å². The van der Waals surface area contributed by atoms with Gasteiger partial charge in [-0.1, -0.05) is 30.3 Å². The molecule has 2 aromatic rings. The van der Waals surface area contributed by atoms with Gasteiger partial charge in [0.05, 0.1) is 12.6 Å². The van der Waals surface area contributed by atoms with Crippen LogP contribution in [0.2, 0.25) is 0 Å². The molecular weight excluding hydrogens is 340 g/mol. The Labute approximate surface area is 154 Å². The Hall–Kier alpha value is -2.08. The summed E-state index contributed by atoms with van der Waals surface area (Å²) in [6.07, 6.45) is 0.700. The second-order valence-corrected chi connectivity index (χ2v) is 5.76. The molecule has 6 heteroatoms. The van der Waals surface area contributed by atoms with Crippen LogP contribution in [0.3, 0.4) is 0 Å². The number of carbonyl (C=O) groups excluding carboxylic acids is 1. The Bertz CT molecular complexity index is 709. The lowest BCUT2D eigenvalue weighted by atomic mass is 9.95. The first-order valence-electron chi connectivity index (χ1n) is 8.09. The topological polar surface area (TPSA) is 59.6 Å². The second-order valence-electron chi connectivity index (χ2n) is 5.76. The van der Waals surface area contributed by atoms with E-state index in [4.69, 9.17) is 9.47 Å². The van der Waals surface area contributed by atoms with E-state index in [1.54, 1.807) is 7.11 Å². The minimum atomic E-state index is -0.224. The number of hydrogen-bond acceptors (Lipinski definition) is 4. The zero-order valence-electron chi connectivity index (χ0n) is 14.2. The van der Waals surface area contributed by atoms with E-state index < -0.39 is 0 Å². The summed E-state index contributed by atoms with van der Waals surface area (Å²) in [6.45, 7) is 1.73. The highest BCUT2D eigenvalue weighted by atomic mass is 35.5. The molecule has 1 aliphatic rings. The van der Waals surface area contributed by atoms with Gasteiger partial charge in [0, 0.05) is 25.4 Å². The first-order valence-corrected chi connectivity index (χ1v) is 8.09. The molecule has 2 aromatic carbocycles. The zero-order chi connectivity index (χ0) is 16.8. The lowest BCUT2D eigenvalue weighted by molar-refractivity contribution is -0.118. The fourth-order valence-electron chi connectivity index (χ4n) is 2.78. The molecule has 2 N–H and O–H groups in total. The zero-order valence-corrected chi connectivity index (χ0v) is 15.0. The quantitative estimate of drug-likeness (QED) is 0.776. The predicted octanol–water partition coefficient (Wildman–Crippen LogP) is 2.79. The molecule has 1 aliphatic heterocycles. The molecule has 0 aliphatic carbocycles. The van der Waals surface area contributed by atoms with Gasteiger partial charge in [0.1, 0.15) is 12.4 Å². The van der Waals surface area contributed by atoms with Crippen LogP contribution in [0, 0.1) is 0 Å². The van der Waals surface area contributed by atoms with Crippen molar-refractivity contribution in [3.05, 3.63) is 59.7 Å². The standard InChI is InChI=1S/C19H22N2O3.ClH/c1-23-9-10-24-17-8-4-7-16(12-17)21-19(22)18-11-14-5-2-3-6-15(14)13-20-18;/h2-8,12,18,20H,9-11,13H2,1H3,(H,21,22);1H. The maximum Gasteiger partial charge on any atom is 0.241 e. The van der Waals surface area contributed by atoms with Crippen LogP contribution in [0.5, 0.6) is 5.75 Å². The van der Waals surface area contributed by atoms with E-state index in [9.17, 15) is 4.79 Å². The summed E-state index contributed by atoms with van der Waals surface area (Å²) >= 11 is 0. The van der Waals surface area contributed by atoms with Crippen molar-refractivity contribution in [1.82, 2.24) is 5.32 Å². The van der Waals surface area contributed by atoms with Crippen molar-refractivity contribution in [2.24, 2.45) is 0 Å². The Morgan fingerprint density at radius 3 is 2.76 bits per heavy atom. The van der Waals surface area contributed by atoms with E-state index in [2.05, 4.69) is 22.8 Å². The molecule has 0 spiro atoms. The number of anilines is 1. The SMILES string of the molecule is COCCOc1cccc(NC(=O)C2Cc3ccccc3CN2)c1.Cl. The Morgan fingerprint density at radius 2 is 1.96 bits per heavy atom. The summed E-state index contributed by atoms with van der Waals surface area (Å²) in [6, 6.07) is 15.4.